The van der Waals surface area contributed by atoms with E-state index in [-0.39, 0.29) is 12.1 Å². The standard InChI is InChI=1S/C12H17NO2/c1-9-3-2-4-10(5-9)6-13-11-7-15-8-12(11)14/h2-5,11-14H,6-8H2,1H3/t11-,12-/m1/s1. The highest BCUT2D eigenvalue weighted by Gasteiger charge is 2.25. The normalized spacial score (nSPS) is 25.7. The molecule has 0 aromatic heterocycles. The van der Waals surface area contributed by atoms with Gasteiger partial charge in [-0.1, -0.05) is 29.8 Å². The molecule has 2 atom stereocenters. The Morgan fingerprint density at radius 3 is 3.00 bits per heavy atom. The Balaban J connectivity index is 1.87. The second kappa shape index (κ2) is 4.75. The number of aliphatic hydroxyl groups is 1. The van der Waals surface area contributed by atoms with Gasteiger partial charge in [-0.2, -0.15) is 0 Å². The summed E-state index contributed by atoms with van der Waals surface area (Å²) < 4.78 is 5.17. The fraction of sp³-hybridized carbons (Fsp3) is 0.500. The Labute approximate surface area is 90.1 Å². The Morgan fingerprint density at radius 2 is 2.33 bits per heavy atom. The molecule has 3 heteroatoms. The molecular formula is C12H17NO2. The highest BCUT2D eigenvalue weighted by atomic mass is 16.5. The summed E-state index contributed by atoms with van der Waals surface area (Å²) in [5, 5.41) is 12.8. The lowest BCUT2D eigenvalue weighted by Crippen LogP contribution is -2.38. The molecule has 2 N–H and O–H groups in total. The minimum atomic E-state index is -0.366. The first kappa shape index (κ1) is 10.6. The maximum Gasteiger partial charge on any atom is 0.0948 e. The molecule has 0 aliphatic carbocycles. The van der Waals surface area contributed by atoms with E-state index in [0.29, 0.717) is 13.2 Å². The fourth-order valence-corrected chi connectivity index (χ4v) is 1.81. The molecule has 1 heterocycles. The van der Waals surface area contributed by atoms with Gasteiger partial charge in [0.15, 0.2) is 0 Å². The molecule has 1 aliphatic rings. The number of aryl methyl sites for hydroxylation is 1. The minimum Gasteiger partial charge on any atom is -0.389 e. The van der Waals surface area contributed by atoms with Crippen molar-refractivity contribution in [3.05, 3.63) is 35.4 Å². The molecule has 0 bridgehead atoms. The zero-order valence-electron chi connectivity index (χ0n) is 8.94. The molecule has 1 aromatic carbocycles. The topological polar surface area (TPSA) is 41.5 Å². The Kier molecular flexibility index (Phi) is 3.36. The predicted molar refractivity (Wildman–Crippen MR) is 58.6 cm³/mol. The number of benzene rings is 1. The van der Waals surface area contributed by atoms with Gasteiger partial charge >= 0.3 is 0 Å². The predicted octanol–water partition coefficient (Wildman–Crippen LogP) is 0.844. The van der Waals surface area contributed by atoms with Crippen LogP contribution in [0, 0.1) is 6.92 Å². The van der Waals surface area contributed by atoms with Crippen LogP contribution in [-0.2, 0) is 11.3 Å². The van der Waals surface area contributed by atoms with Crippen molar-refractivity contribution in [3.63, 3.8) is 0 Å². The van der Waals surface area contributed by atoms with Crippen LogP contribution in [0.3, 0.4) is 0 Å². The number of rotatable bonds is 3. The molecule has 3 nitrogen and oxygen atoms in total. The summed E-state index contributed by atoms with van der Waals surface area (Å²) in [6.07, 6.45) is -0.366. The maximum atomic E-state index is 9.53. The fourth-order valence-electron chi connectivity index (χ4n) is 1.81. The second-order valence-corrected chi connectivity index (χ2v) is 4.08. The quantitative estimate of drug-likeness (QED) is 0.772. The number of aliphatic hydroxyl groups excluding tert-OH is 1. The third-order valence-electron chi connectivity index (χ3n) is 2.70. The minimum absolute atomic E-state index is 0.0745. The van der Waals surface area contributed by atoms with Gasteiger partial charge in [-0.05, 0) is 12.5 Å². The molecule has 1 aliphatic heterocycles. The molecule has 1 saturated heterocycles. The summed E-state index contributed by atoms with van der Waals surface area (Å²) in [5.41, 5.74) is 2.51. The van der Waals surface area contributed by atoms with E-state index in [4.69, 9.17) is 4.74 Å². The van der Waals surface area contributed by atoms with Gasteiger partial charge in [0.2, 0.25) is 0 Å². The number of hydrogen-bond donors (Lipinski definition) is 2. The summed E-state index contributed by atoms with van der Waals surface area (Å²) >= 11 is 0. The van der Waals surface area contributed by atoms with Gasteiger partial charge in [0.1, 0.15) is 0 Å². The lowest BCUT2D eigenvalue weighted by molar-refractivity contribution is 0.122. The molecule has 0 spiro atoms. The highest BCUT2D eigenvalue weighted by molar-refractivity contribution is 5.22. The van der Waals surface area contributed by atoms with Crippen molar-refractivity contribution in [3.8, 4) is 0 Å². The van der Waals surface area contributed by atoms with Crippen molar-refractivity contribution in [1.29, 1.82) is 0 Å². The van der Waals surface area contributed by atoms with Crippen molar-refractivity contribution in [2.75, 3.05) is 13.2 Å². The molecule has 1 aromatic rings. The van der Waals surface area contributed by atoms with Crippen LogP contribution in [0.1, 0.15) is 11.1 Å². The summed E-state index contributed by atoms with van der Waals surface area (Å²) in [6.45, 7) is 3.92. The highest BCUT2D eigenvalue weighted by Crippen LogP contribution is 2.08. The lowest BCUT2D eigenvalue weighted by atomic mass is 10.1. The number of ether oxygens (including phenoxy) is 1. The van der Waals surface area contributed by atoms with Gasteiger partial charge in [-0.25, -0.2) is 0 Å². The summed E-state index contributed by atoms with van der Waals surface area (Å²) in [6, 6.07) is 8.44. The smallest absolute Gasteiger partial charge is 0.0948 e. The summed E-state index contributed by atoms with van der Waals surface area (Å²) in [5.74, 6) is 0. The molecule has 0 saturated carbocycles. The van der Waals surface area contributed by atoms with Crippen LogP contribution >= 0.6 is 0 Å². The Bertz CT molecular complexity index is 327. The average Bonchev–Trinajstić information content (AvgIpc) is 2.61. The van der Waals surface area contributed by atoms with E-state index >= 15 is 0 Å². The zero-order chi connectivity index (χ0) is 10.7. The van der Waals surface area contributed by atoms with E-state index in [2.05, 4.69) is 30.4 Å². The molecular weight excluding hydrogens is 190 g/mol. The molecule has 0 radical (unpaired) electrons. The molecule has 1 fully saturated rings. The zero-order valence-corrected chi connectivity index (χ0v) is 8.94. The van der Waals surface area contributed by atoms with Crippen molar-refractivity contribution >= 4 is 0 Å². The van der Waals surface area contributed by atoms with Crippen molar-refractivity contribution < 1.29 is 9.84 Å². The van der Waals surface area contributed by atoms with E-state index in [0.717, 1.165) is 6.54 Å². The van der Waals surface area contributed by atoms with Crippen LogP contribution in [0.2, 0.25) is 0 Å². The third kappa shape index (κ3) is 2.78. The molecule has 0 unspecified atom stereocenters. The van der Waals surface area contributed by atoms with E-state index < -0.39 is 0 Å². The van der Waals surface area contributed by atoms with Crippen LogP contribution in [0.5, 0.6) is 0 Å². The molecule has 0 amide bonds. The van der Waals surface area contributed by atoms with Crippen molar-refractivity contribution in [2.24, 2.45) is 0 Å². The SMILES string of the molecule is Cc1cccc(CN[C@@H]2COC[C@H]2O)c1. The second-order valence-electron chi connectivity index (χ2n) is 4.08. The van der Waals surface area contributed by atoms with Gasteiger partial charge in [0, 0.05) is 6.54 Å². The van der Waals surface area contributed by atoms with Gasteiger partial charge < -0.3 is 15.2 Å². The van der Waals surface area contributed by atoms with E-state index in [1.165, 1.54) is 11.1 Å². The molecule has 2 rings (SSSR count). The van der Waals surface area contributed by atoms with Crippen LogP contribution < -0.4 is 5.32 Å². The first-order chi connectivity index (χ1) is 7.25. The molecule has 15 heavy (non-hydrogen) atoms. The van der Waals surface area contributed by atoms with Crippen LogP contribution in [0.4, 0.5) is 0 Å². The average molecular weight is 207 g/mol. The largest absolute Gasteiger partial charge is 0.389 e. The first-order valence-corrected chi connectivity index (χ1v) is 5.30. The number of hydrogen-bond acceptors (Lipinski definition) is 3. The van der Waals surface area contributed by atoms with E-state index in [1.807, 2.05) is 6.07 Å². The third-order valence-corrected chi connectivity index (χ3v) is 2.70. The van der Waals surface area contributed by atoms with Gasteiger partial charge in [0.05, 0.1) is 25.4 Å². The monoisotopic (exact) mass is 207 g/mol. The van der Waals surface area contributed by atoms with Crippen molar-refractivity contribution in [1.82, 2.24) is 5.32 Å². The number of nitrogens with one attached hydrogen (secondary N) is 1. The maximum absolute atomic E-state index is 9.53. The van der Waals surface area contributed by atoms with Crippen LogP contribution in [0.25, 0.3) is 0 Å². The van der Waals surface area contributed by atoms with Crippen LogP contribution in [-0.4, -0.2) is 30.5 Å². The summed E-state index contributed by atoms with van der Waals surface area (Å²) in [4.78, 5) is 0. The van der Waals surface area contributed by atoms with E-state index in [9.17, 15) is 5.11 Å². The summed E-state index contributed by atoms with van der Waals surface area (Å²) in [7, 11) is 0. The molecule has 82 valence electrons. The Hall–Kier alpha value is -0.900. The van der Waals surface area contributed by atoms with Crippen LogP contribution in [0.15, 0.2) is 24.3 Å². The van der Waals surface area contributed by atoms with Crippen molar-refractivity contribution in [2.45, 2.75) is 25.6 Å². The lowest BCUT2D eigenvalue weighted by Gasteiger charge is -2.14. The first-order valence-electron chi connectivity index (χ1n) is 5.30. The van der Waals surface area contributed by atoms with Gasteiger partial charge in [0.25, 0.3) is 0 Å². The van der Waals surface area contributed by atoms with E-state index in [1.54, 1.807) is 0 Å². The van der Waals surface area contributed by atoms with Gasteiger partial charge in [-0.3, -0.25) is 0 Å². The van der Waals surface area contributed by atoms with Gasteiger partial charge in [-0.15, -0.1) is 0 Å². The Morgan fingerprint density at radius 1 is 1.47 bits per heavy atom.